The molecule has 20 heavy (non-hydrogen) atoms. The highest BCUT2D eigenvalue weighted by Crippen LogP contribution is 2.24. The molecule has 0 bridgehead atoms. The van der Waals surface area contributed by atoms with Crippen LogP contribution >= 0.6 is 15.9 Å². The molecule has 1 fully saturated rings. The van der Waals surface area contributed by atoms with Crippen molar-refractivity contribution >= 4 is 31.9 Å². The molecule has 0 spiro atoms. The normalized spacial score (nSPS) is 19.1. The molecule has 0 aromatic heterocycles. The maximum atomic E-state index is 12.3. The van der Waals surface area contributed by atoms with Crippen LogP contribution in [0.3, 0.4) is 0 Å². The fourth-order valence-corrected chi connectivity index (χ4v) is 3.66. The van der Waals surface area contributed by atoms with Gasteiger partial charge in [0.15, 0.2) is 0 Å². The van der Waals surface area contributed by atoms with E-state index in [1.54, 1.807) is 13.0 Å². The molecule has 1 aromatic carbocycles. The van der Waals surface area contributed by atoms with Crippen LogP contribution in [0, 0.1) is 6.92 Å². The average Bonchev–Trinajstić information content (AvgIpc) is 2.83. The van der Waals surface area contributed by atoms with E-state index in [-0.39, 0.29) is 16.8 Å². The molecule has 1 amide bonds. The number of carbonyl (C=O) groups excluding carboxylic acids is 1. The van der Waals surface area contributed by atoms with E-state index in [9.17, 15) is 13.2 Å². The zero-order valence-electron chi connectivity index (χ0n) is 10.9. The Morgan fingerprint density at radius 3 is 2.75 bits per heavy atom. The predicted octanol–water partition coefficient (Wildman–Crippen LogP) is 0.497. The van der Waals surface area contributed by atoms with Gasteiger partial charge in [0, 0.05) is 22.6 Å². The molecule has 1 unspecified atom stereocenters. The van der Waals surface area contributed by atoms with Crippen molar-refractivity contribution in [2.75, 3.05) is 13.1 Å². The fourth-order valence-electron chi connectivity index (χ4n) is 2.23. The van der Waals surface area contributed by atoms with Gasteiger partial charge < -0.3 is 10.6 Å². The molecule has 1 heterocycles. The SMILES string of the molecule is Cc1c(C(=O)NC2CCNC2)cc(Br)cc1S(N)(=O)=O. The van der Waals surface area contributed by atoms with Crippen LogP contribution in [0.25, 0.3) is 0 Å². The van der Waals surface area contributed by atoms with Crippen LogP contribution in [0.4, 0.5) is 0 Å². The third kappa shape index (κ3) is 3.38. The molecule has 4 N–H and O–H groups in total. The Morgan fingerprint density at radius 2 is 2.20 bits per heavy atom. The Morgan fingerprint density at radius 1 is 1.50 bits per heavy atom. The molecule has 1 aliphatic heterocycles. The van der Waals surface area contributed by atoms with Crippen molar-refractivity contribution in [2.24, 2.45) is 5.14 Å². The summed E-state index contributed by atoms with van der Waals surface area (Å²) < 4.78 is 23.6. The Balaban J connectivity index is 2.36. The van der Waals surface area contributed by atoms with Crippen LogP contribution in [-0.2, 0) is 10.0 Å². The first-order valence-corrected chi connectivity index (χ1v) is 8.47. The van der Waals surface area contributed by atoms with Gasteiger partial charge in [-0.15, -0.1) is 0 Å². The molecule has 1 saturated heterocycles. The summed E-state index contributed by atoms with van der Waals surface area (Å²) in [7, 11) is -3.86. The summed E-state index contributed by atoms with van der Waals surface area (Å²) in [5, 5.41) is 11.2. The monoisotopic (exact) mass is 361 g/mol. The lowest BCUT2D eigenvalue weighted by atomic mass is 10.1. The number of rotatable bonds is 3. The minimum Gasteiger partial charge on any atom is -0.348 e. The molecular weight excluding hydrogens is 346 g/mol. The Hall–Kier alpha value is -0.960. The number of sulfonamides is 1. The molecule has 1 aromatic rings. The number of hydrogen-bond donors (Lipinski definition) is 3. The lowest BCUT2D eigenvalue weighted by Crippen LogP contribution is -2.36. The number of hydrogen-bond acceptors (Lipinski definition) is 4. The van der Waals surface area contributed by atoms with Crippen LogP contribution < -0.4 is 15.8 Å². The largest absolute Gasteiger partial charge is 0.348 e. The van der Waals surface area contributed by atoms with Crippen molar-refractivity contribution < 1.29 is 13.2 Å². The van der Waals surface area contributed by atoms with Gasteiger partial charge in [-0.2, -0.15) is 0 Å². The second-order valence-electron chi connectivity index (χ2n) is 4.78. The third-order valence-corrected chi connectivity index (χ3v) is 4.77. The Kier molecular flexibility index (Phi) is 4.48. The van der Waals surface area contributed by atoms with Gasteiger partial charge in [-0.3, -0.25) is 4.79 Å². The first kappa shape index (κ1) is 15.4. The highest BCUT2D eigenvalue weighted by molar-refractivity contribution is 9.10. The van der Waals surface area contributed by atoms with Gasteiger partial charge in [0.2, 0.25) is 10.0 Å². The van der Waals surface area contributed by atoms with Crippen LogP contribution in [0.1, 0.15) is 22.3 Å². The van der Waals surface area contributed by atoms with Crippen molar-refractivity contribution in [3.63, 3.8) is 0 Å². The number of nitrogens with one attached hydrogen (secondary N) is 2. The van der Waals surface area contributed by atoms with E-state index in [4.69, 9.17) is 5.14 Å². The first-order valence-electron chi connectivity index (χ1n) is 6.13. The zero-order valence-corrected chi connectivity index (χ0v) is 13.3. The molecule has 0 radical (unpaired) electrons. The highest BCUT2D eigenvalue weighted by Gasteiger charge is 2.22. The summed E-state index contributed by atoms with van der Waals surface area (Å²) in [6.07, 6.45) is 0.862. The number of primary sulfonamides is 1. The maximum Gasteiger partial charge on any atom is 0.251 e. The standard InChI is InChI=1S/C12H16BrN3O3S/c1-7-10(12(17)16-9-2-3-15-6-9)4-8(13)5-11(7)20(14,18)19/h4-5,9,15H,2-3,6H2,1H3,(H,16,17)(H2,14,18,19). The summed E-state index contributed by atoms with van der Waals surface area (Å²) in [6, 6.07) is 3.07. The lowest BCUT2D eigenvalue weighted by Gasteiger charge is -2.14. The average molecular weight is 362 g/mol. The van der Waals surface area contributed by atoms with Crippen molar-refractivity contribution in [2.45, 2.75) is 24.3 Å². The number of benzene rings is 1. The van der Waals surface area contributed by atoms with Crippen LogP contribution in [0.5, 0.6) is 0 Å². The van der Waals surface area contributed by atoms with E-state index < -0.39 is 10.0 Å². The summed E-state index contributed by atoms with van der Waals surface area (Å²) in [5.74, 6) is -0.289. The van der Waals surface area contributed by atoms with Crippen molar-refractivity contribution in [3.8, 4) is 0 Å². The topological polar surface area (TPSA) is 101 Å². The van der Waals surface area contributed by atoms with E-state index in [1.807, 2.05) is 0 Å². The Labute approximate surface area is 126 Å². The molecule has 8 heteroatoms. The van der Waals surface area contributed by atoms with E-state index >= 15 is 0 Å². The highest BCUT2D eigenvalue weighted by atomic mass is 79.9. The van der Waals surface area contributed by atoms with E-state index in [0.29, 0.717) is 15.6 Å². The number of nitrogens with two attached hydrogens (primary N) is 1. The number of carbonyl (C=O) groups is 1. The quantitative estimate of drug-likeness (QED) is 0.729. The minimum atomic E-state index is -3.86. The first-order chi connectivity index (χ1) is 9.29. The van der Waals surface area contributed by atoms with Gasteiger partial charge in [-0.05, 0) is 37.6 Å². The van der Waals surface area contributed by atoms with Crippen LogP contribution in [0.15, 0.2) is 21.5 Å². The maximum absolute atomic E-state index is 12.3. The van der Waals surface area contributed by atoms with Crippen LogP contribution in [0.2, 0.25) is 0 Å². The van der Waals surface area contributed by atoms with Gasteiger partial charge >= 0.3 is 0 Å². The van der Waals surface area contributed by atoms with Gasteiger partial charge in [0.05, 0.1) is 4.90 Å². The van der Waals surface area contributed by atoms with Crippen molar-refractivity contribution in [1.82, 2.24) is 10.6 Å². The van der Waals surface area contributed by atoms with E-state index in [0.717, 1.165) is 19.5 Å². The molecule has 1 aliphatic rings. The van der Waals surface area contributed by atoms with Gasteiger partial charge in [0.25, 0.3) is 5.91 Å². The second kappa shape index (κ2) is 5.80. The van der Waals surface area contributed by atoms with Crippen molar-refractivity contribution in [1.29, 1.82) is 0 Å². The minimum absolute atomic E-state index is 0.0402. The smallest absolute Gasteiger partial charge is 0.251 e. The summed E-state index contributed by atoms with van der Waals surface area (Å²) >= 11 is 3.21. The van der Waals surface area contributed by atoms with Gasteiger partial charge in [-0.25, -0.2) is 13.6 Å². The van der Waals surface area contributed by atoms with E-state index in [1.165, 1.54) is 6.07 Å². The van der Waals surface area contributed by atoms with Gasteiger partial charge in [0.1, 0.15) is 0 Å². The predicted molar refractivity (Wildman–Crippen MR) is 79.0 cm³/mol. The summed E-state index contributed by atoms with van der Waals surface area (Å²) in [6.45, 7) is 3.17. The molecule has 0 aliphatic carbocycles. The Bertz CT molecular complexity index is 640. The molecule has 1 atom stereocenters. The van der Waals surface area contributed by atoms with Crippen LogP contribution in [-0.4, -0.2) is 33.5 Å². The number of halogens is 1. The molecule has 2 rings (SSSR count). The van der Waals surface area contributed by atoms with E-state index in [2.05, 4.69) is 26.6 Å². The number of amides is 1. The fraction of sp³-hybridized carbons (Fsp3) is 0.417. The second-order valence-corrected chi connectivity index (χ2v) is 7.23. The third-order valence-electron chi connectivity index (χ3n) is 3.27. The summed E-state index contributed by atoms with van der Waals surface area (Å²) in [4.78, 5) is 12.2. The molecular formula is C12H16BrN3O3S. The molecule has 110 valence electrons. The van der Waals surface area contributed by atoms with Gasteiger partial charge in [-0.1, -0.05) is 15.9 Å². The zero-order chi connectivity index (χ0) is 14.9. The van der Waals surface area contributed by atoms with Crippen molar-refractivity contribution in [3.05, 3.63) is 27.7 Å². The molecule has 6 nitrogen and oxygen atoms in total. The lowest BCUT2D eigenvalue weighted by molar-refractivity contribution is 0.0939. The summed E-state index contributed by atoms with van der Waals surface area (Å²) in [5.41, 5.74) is 0.675. The molecule has 0 saturated carbocycles.